The van der Waals surface area contributed by atoms with Gasteiger partial charge >= 0.3 is 0 Å². The first-order chi connectivity index (χ1) is 7.65. The molecule has 1 rings (SSSR count). The van der Waals surface area contributed by atoms with Crippen molar-refractivity contribution in [2.24, 2.45) is 5.73 Å². The average molecular weight is 226 g/mol. The first-order valence-corrected chi connectivity index (χ1v) is 5.26. The third-order valence-electron chi connectivity index (χ3n) is 1.92. The molecule has 1 aromatic rings. The van der Waals surface area contributed by atoms with Crippen molar-refractivity contribution in [1.29, 1.82) is 0 Å². The van der Waals surface area contributed by atoms with E-state index in [1.165, 1.54) is 0 Å². The maximum atomic E-state index is 11.4. The molecule has 6 nitrogen and oxygen atoms in total. The number of anilines is 1. The molecule has 90 valence electrons. The monoisotopic (exact) mass is 226 g/mol. The van der Waals surface area contributed by atoms with Crippen LogP contribution in [0.2, 0.25) is 0 Å². The molecule has 16 heavy (non-hydrogen) atoms. The van der Waals surface area contributed by atoms with Gasteiger partial charge in [0, 0.05) is 18.7 Å². The number of nitrogens with one attached hydrogen (secondary N) is 1. The van der Waals surface area contributed by atoms with Gasteiger partial charge in [-0.15, -0.1) is 0 Å². The zero-order valence-corrected chi connectivity index (χ0v) is 9.64. The second-order valence-corrected chi connectivity index (χ2v) is 3.64. The zero-order chi connectivity index (χ0) is 12.0. The van der Waals surface area contributed by atoms with Crippen LogP contribution in [0.5, 0.6) is 0 Å². The molecule has 0 aromatic carbocycles. The van der Waals surface area contributed by atoms with Gasteiger partial charge in [0.1, 0.15) is 12.4 Å². The summed E-state index contributed by atoms with van der Waals surface area (Å²) < 4.78 is 6.76. The molecular weight excluding hydrogens is 208 g/mol. The van der Waals surface area contributed by atoms with E-state index >= 15 is 0 Å². The van der Waals surface area contributed by atoms with E-state index in [1.807, 2.05) is 13.8 Å². The Hall–Kier alpha value is -1.40. The van der Waals surface area contributed by atoms with Crippen LogP contribution in [0.4, 0.5) is 5.82 Å². The zero-order valence-electron chi connectivity index (χ0n) is 9.64. The van der Waals surface area contributed by atoms with Gasteiger partial charge in [-0.3, -0.25) is 4.79 Å². The summed E-state index contributed by atoms with van der Waals surface area (Å²) in [5.41, 5.74) is 5.24. The molecule has 0 atom stereocenters. The minimum absolute atomic E-state index is 0.0144. The van der Waals surface area contributed by atoms with Gasteiger partial charge < -0.3 is 15.8 Å². The number of carbonyl (C=O) groups is 1. The van der Waals surface area contributed by atoms with E-state index in [0.29, 0.717) is 19.0 Å². The van der Waals surface area contributed by atoms with Crippen LogP contribution in [0.25, 0.3) is 0 Å². The highest BCUT2D eigenvalue weighted by Gasteiger charge is 2.08. The van der Waals surface area contributed by atoms with Gasteiger partial charge in [-0.2, -0.15) is 5.10 Å². The van der Waals surface area contributed by atoms with Crippen molar-refractivity contribution < 1.29 is 9.53 Å². The van der Waals surface area contributed by atoms with Gasteiger partial charge in [-0.05, 0) is 13.8 Å². The third kappa shape index (κ3) is 3.63. The number of nitrogens with zero attached hydrogens (tertiary/aromatic N) is 2. The summed E-state index contributed by atoms with van der Waals surface area (Å²) in [6.45, 7) is 4.80. The Kier molecular flexibility index (Phi) is 4.94. The summed E-state index contributed by atoms with van der Waals surface area (Å²) >= 11 is 0. The fourth-order valence-corrected chi connectivity index (χ4v) is 1.25. The lowest BCUT2D eigenvalue weighted by Crippen LogP contribution is -2.22. The molecule has 0 bridgehead atoms. The van der Waals surface area contributed by atoms with E-state index in [9.17, 15) is 4.79 Å². The molecule has 0 spiro atoms. The van der Waals surface area contributed by atoms with E-state index in [4.69, 9.17) is 10.5 Å². The summed E-state index contributed by atoms with van der Waals surface area (Å²) in [7, 11) is 0. The summed E-state index contributed by atoms with van der Waals surface area (Å²) in [5.74, 6) is 0.479. The third-order valence-corrected chi connectivity index (χ3v) is 1.92. The van der Waals surface area contributed by atoms with Crippen LogP contribution >= 0.6 is 0 Å². The van der Waals surface area contributed by atoms with Gasteiger partial charge in [-0.25, -0.2) is 4.68 Å². The topological polar surface area (TPSA) is 82.2 Å². The lowest BCUT2D eigenvalue weighted by Gasteiger charge is -2.11. The van der Waals surface area contributed by atoms with Crippen molar-refractivity contribution in [3.05, 3.63) is 12.3 Å². The van der Waals surface area contributed by atoms with Crippen LogP contribution in [-0.2, 0) is 9.53 Å². The molecule has 1 amide bonds. The molecule has 0 radical (unpaired) electrons. The number of amides is 1. The number of hydrogen-bond donors (Lipinski definition) is 2. The molecule has 1 heterocycles. The van der Waals surface area contributed by atoms with Crippen molar-refractivity contribution in [2.45, 2.75) is 19.9 Å². The van der Waals surface area contributed by atoms with E-state index in [2.05, 4.69) is 10.4 Å². The van der Waals surface area contributed by atoms with Crippen molar-refractivity contribution >= 4 is 11.7 Å². The van der Waals surface area contributed by atoms with Crippen LogP contribution < -0.4 is 11.1 Å². The molecule has 1 aromatic heterocycles. The molecule has 0 aliphatic heterocycles. The second-order valence-electron chi connectivity index (χ2n) is 3.64. The van der Waals surface area contributed by atoms with Crippen LogP contribution in [-0.4, -0.2) is 35.4 Å². The van der Waals surface area contributed by atoms with Gasteiger partial charge in [-0.1, -0.05) is 0 Å². The summed E-state index contributed by atoms with van der Waals surface area (Å²) in [4.78, 5) is 11.4. The highest BCUT2D eigenvalue weighted by Crippen LogP contribution is 2.12. The first kappa shape index (κ1) is 12.7. The number of carbonyl (C=O) groups excluding carboxylic acids is 1. The van der Waals surface area contributed by atoms with Crippen molar-refractivity contribution in [3.63, 3.8) is 0 Å². The van der Waals surface area contributed by atoms with Gasteiger partial charge in [0.2, 0.25) is 0 Å². The SMILES string of the molecule is CC(C)n1nccc1NC(=O)COCCN. The lowest BCUT2D eigenvalue weighted by molar-refractivity contribution is -0.120. The van der Waals surface area contributed by atoms with E-state index in [0.717, 1.165) is 0 Å². The highest BCUT2D eigenvalue weighted by atomic mass is 16.5. The Labute approximate surface area is 94.8 Å². The highest BCUT2D eigenvalue weighted by molar-refractivity contribution is 5.90. The minimum atomic E-state index is -0.198. The number of rotatable bonds is 6. The van der Waals surface area contributed by atoms with Crippen LogP contribution in [0.1, 0.15) is 19.9 Å². The number of aromatic nitrogens is 2. The fraction of sp³-hybridized carbons (Fsp3) is 0.600. The number of hydrogen-bond acceptors (Lipinski definition) is 4. The van der Waals surface area contributed by atoms with Crippen LogP contribution in [0, 0.1) is 0 Å². The summed E-state index contributed by atoms with van der Waals surface area (Å²) in [6.07, 6.45) is 1.65. The van der Waals surface area contributed by atoms with Gasteiger partial charge in [0.15, 0.2) is 0 Å². The molecule has 0 aliphatic rings. The van der Waals surface area contributed by atoms with Crippen LogP contribution in [0.3, 0.4) is 0 Å². The smallest absolute Gasteiger partial charge is 0.251 e. The molecule has 6 heteroatoms. The van der Waals surface area contributed by atoms with Crippen molar-refractivity contribution in [3.8, 4) is 0 Å². The standard InChI is InChI=1S/C10H18N4O2/c1-8(2)14-9(3-5-12-14)13-10(15)7-16-6-4-11/h3,5,8H,4,6-7,11H2,1-2H3,(H,13,15). The maximum absolute atomic E-state index is 11.4. The maximum Gasteiger partial charge on any atom is 0.251 e. The van der Waals surface area contributed by atoms with Crippen molar-refractivity contribution in [2.75, 3.05) is 25.1 Å². The minimum Gasteiger partial charge on any atom is -0.370 e. The predicted octanol–water partition coefficient (Wildman–Crippen LogP) is 0.378. The van der Waals surface area contributed by atoms with Crippen LogP contribution in [0.15, 0.2) is 12.3 Å². The Morgan fingerprint density at radius 2 is 2.44 bits per heavy atom. The molecule has 0 aliphatic carbocycles. The Bertz CT molecular complexity index is 335. The summed E-state index contributed by atoms with van der Waals surface area (Å²) in [5, 5.41) is 6.83. The molecule has 0 saturated heterocycles. The predicted molar refractivity (Wildman–Crippen MR) is 61.1 cm³/mol. The Balaban J connectivity index is 2.46. The molecule has 0 unspecified atom stereocenters. The molecule has 3 N–H and O–H groups in total. The molecule has 0 saturated carbocycles. The van der Waals surface area contributed by atoms with E-state index in [-0.39, 0.29) is 18.6 Å². The molecular formula is C10H18N4O2. The summed E-state index contributed by atoms with van der Waals surface area (Å²) in [6, 6.07) is 1.95. The number of nitrogens with two attached hydrogens (primary N) is 1. The second kappa shape index (κ2) is 6.24. The lowest BCUT2D eigenvalue weighted by atomic mass is 10.4. The van der Waals surface area contributed by atoms with E-state index < -0.39 is 0 Å². The van der Waals surface area contributed by atoms with Gasteiger partial charge in [0.25, 0.3) is 5.91 Å². The van der Waals surface area contributed by atoms with Crippen molar-refractivity contribution in [1.82, 2.24) is 9.78 Å². The quantitative estimate of drug-likeness (QED) is 0.687. The Morgan fingerprint density at radius 1 is 1.69 bits per heavy atom. The largest absolute Gasteiger partial charge is 0.370 e. The first-order valence-electron chi connectivity index (χ1n) is 5.26. The average Bonchev–Trinajstić information content (AvgIpc) is 2.66. The Morgan fingerprint density at radius 3 is 3.06 bits per heavy atom. The fourth-order valence-electron chi connectivity index (χ4n) is 1.25. The van der Waals surface area contributed by atoms with E-state index in [1.54, 1.807) is 16.9 Å². The normalized spacial score (nSPS) is 10.8. The molecule has 0 fully saturated rings. The number of ether oxygens (including phenoxy) is 1. The van der Waals surface area contributed by atoms with Gasteiger partial charge in [0.05, 0.1) is 12.8 Å².